The van der Waals surface area contributed by atoms with Crippen molar-refractivity contribution in [3.05, 3.63) is 156 Å². The Bertz CT molecular complexity index is 2460. The molecular formula is C46H39F. The van der Waals surface area contributed by atoms with Crippen molar-refractivity contribution in [1.29, 1.82) is 0 Å². The van der Waals surface area contributed by atoms with E-state index in [0.717, 1.165) is 57.2 Å². The van der Waals surface area contributed by atoms with Gasteiger partial charge < -0.3 is 0 Å². The van der Waals surface area contributed by atoms with Crippen molar-refractivity contribution in [2.45, 2.75) is 51.4 Å². The van der Waals surface area contributed by atoms with Crippen LogP contribution in [0.25, 0.3) is 66.1 Å². The molecule has 0 aliphatic heterocycles. The summed E-state index contributed by atoms with van der Waals surface area (Å²) in [6.07, 6.45) is 2.00. The molecule has 47 heavy (non-hydrogen) atoms. The largest absolute Gasteiger partial charge is 0.207 e. The minimum Gasteiger partial charge on any atom is -0.207 e. The Kier molecular flexibility index (Phi) is 5.91. The first-order valence-electron chi connectivity index (χ1n) is 18.4. The van der Waals surface area contributed by atoms with Crippen LogP contribution in [0.1, 0.15) is 57.1 Å². The topological polar surface area (TPSA) is 0 Å². The van der Waals surface area contributed by atoms with Gasteiger partial charge in [-0.15, -0.1) is 0 Å². The fraction of sp³-hybridized carbons (Fsp3) is 0.174. The van der Waals surface area contributed by atoms with Gasteiger partial charge in [0, 0.05) is 0 Å². The van der Waals surface area contributed by atoms with E-state index in [2.05, 4.69) is 45.9 Å². The molecule has 0 saturated carbocycles. The SMILES string of the molecule is [2H]c1c([2H])c([2H])c2c(-c3c(-c4ccccc4)cccc3-c3ccccc3)c3cc(F)ccc3c(-c3cccc4c3C(C)(C)CCC4(C)C)c2c1[2H]. The summed E-state index contributed by atoms with van der Waals surface area (Å²) in [5.41, 5.74) is 8.87. The van der Waals surface area contributed by atoms with Crippen LogP contribution in [0.15, 0.2) is 139 Å². The van der Waals surface area contributed by atoms with E-state index in [-0.39, 0.29) is 35.0 Å². The summed E-state index contributed by atoms with van der Waals surface area (Å²) in [5, 5.41) is 2.19. The van der Waals surface area contributed by atoms with Gasteiger partial charge in [-0.25, -0.2) is 4.39 Å². The summed E-state index contributed by atoms with van der Waals surface area (Å²) in [4.78, 5) is 0. The molecule has 7 aromatic rings. The Hall–Kier alpha value is -5.01. The van der Waals surface area contributed by atoms with E-state index in [4.69, 9.17) is 2.74 Å². The minimum atomic E-state index is -0.412. The normalized spacial score (nSPS) is 16.3. The molecule has 230 valence electrons. The molecule has 0 amide bonds. The Labute approximate surface area is 283 Å². The third-order valence-corrected chi connectivity index (χ3v) is 10.3. The van der Waals surface area contributed by atoms with Crippen LogP contribution in [-0.2, 0) is 10.8 Å². The summed E-state index contributed by atoms with van der Waals surface area (Å²) in [6.45, 7) is 9.08. The molecule has 0 aromatic heterocycles. The molecule has 0 spiro atoms. The highest BCUT2D eigenvalue weighted by Crippen LogP contribution is 2.54. The van der Waals surface area contributed by atoms with Crippen LogP contribution >= 0.6 is 0 Å². The lowest BCUT2D eigenvalue weighted by molar-refractivity contribution is 0.333. The van der Waals surface area contributed by atoms with Crippen molar-refractivity contribution in [3.8, 4) is 44.5 Å². The first-order chi connectivity index (χ1) is 24.4. The molecular weight excluding hydrogens is 572 g/mol. The van der Waals surface area contributed by atoms with E-state index in [1.54, 1.807) is 12.1 Å². The number of hydrogen-bond acceptors (Lipinski definition) is 0. The van der Waals surface area contributed by atoms with E-state index < -0.39 is 5.82 Å². The molecule has 1 heteroatoms. The lowest BCUT2D eigenvalue weighted by Gasteiger charge is -2.43. The van der Waals surface area contributed by atoms with Crippen LogP contribution in [0.2, 0.25) is 0 Å². The predicted octanol–water partition coefficient (Wildman–Crippen LogP) is 13.1. The minimum absolute atomic E-state index is 0.0863. The van der Waals surface area contributed by atoms with Crippen molar-refractivity contribution < 1.29 is 9.87 Å². The summed E-state index contributed by atoms with van der Waals surface area (Å²) in [5.74, 6) is -0.412. The molecule has 1 aliphatic carbocycles. The molecule has 0 N–H and O–H groups in total. The summed E-state index contributed by atoms with van der Waals surface area (Å²) in [6, 6.07) is 36.5. The lowest BCUT2D eigenvalue weighted by Crippen LogP contribution is -2.34. The van der Waals surface area contributed by atoms with Crippen LogP contribution in [-0.4, -0.2) is 0 Å². The predicted molar refractivity (Wildman–Crippen MR) is 198 cm³/mol. The molecule has 0 unspecified atom stereocenters. The quantitative estimate of drug-likeness (QED) is 0.173. The van der Waals surface area contributed by atoms with E-state index in [9.17, 15) is 2.74 Å². The van der Waals surface area contributed by atoms with Gasteiger partial charge in [0.1, 0.15) is 5.82 Å². The van der Waals surface area contributed by atoms with Crippen LogP contribution in [0.5, 0.6) is 0 Å². The third-order valence-electron chi connectivity index (χ3n) is 10.3. The van der Waals surface area contributed by atoms with Crippen LogP contribution in [0.3, 0.4) is 0 Å². The van der Waals surface area contributed by atoms with E-state index in [0.29, 0.717) is 21.7 Å². The highest BCUT2D eigenvalue weighted by molar-refractivity contribution is 6.24. The fourth-order valence-electron chi connectivity index (χ4n) is 7.91. The van der Waals surface area contributed by atoms with Gasteiger partial charge in [-0.05, 0) is 113 Å². The molecule has 0 saturated heterocycles. The zero-order valence-electron chi connectivity index (χ0n) is 31.3. The smallest absolute Gasteiger partial charge is 0.123 e. The van der Waals surface area contributed by atoms with Crippen LogP contribution in [0.4, 0.5) is 4.39 Å². The summed E-state index contributed by atoms with van der Waals surface area (Å²) in [7, 11) is 0. The summed E-state index contributed by atoms with van der Waals surface area (Å²) < 4.78 is 52.9. The Morgan fingerprint density at radius 2 is 1.06 bits per heavy atom. The number of benzene rings is 7. The van der Waals surface area contributed by atoms with Crippen molar-refractivity contribution in [2.75, 3.05) is 0 Å². The molecule has 0 fully saturated rings. The maximum absolute atomic E-state index is 15.8. The third kappa shape index (κ3) is 4.80. The first-order valence-corrected chi connectivity index (χ1v) is 16.4. The molecule has 1 aliphatic rings. The molecule has 0 heterocycles. The van der Waals surface area contributed by atoms with Crippen molar-refractivity contribution in [3.63, 3.8) is 0 Å². The highest BCUT2D eigenvalue weighted by Gasteiger charge is 2.39. The zero-order valence-corrected chi connectivity index (χ0v) is 27.3. The van der Waals surface area contributed by atoms with E-state index in [1.165, 1.54) is 17.2 Å². The molecule has 0 bridgehead atoms. The van der Waals surface area contributed by atoms with Crippen LogP contribution in [0, 0.1) is 5.82 Å². The molecule has 0 nitrogen and oxygen atoms in total. The molecule has 0 atom stereocenters. The van der Waals surface area contributed by atoms with Gasteiger partial charge in [0.25, 0.3) is 0 Å². The Morgan fingerprint density at radius 1 is 0.511 bits per heavy atom. The number of halogens is 1. The standard InChI is InChI=1S/C46H39F/c1-45(2)27-28-46(3,4)44-38(23-14-24-40(44)45)41-35-19-11-12-20-36(35)43(39-29-32(47)25-26-37(39)41)42-33(30-15-7-5-8-16-30)21-13-22-34(42)31-17-9-6-10-18-31/h5-26,29H,27-28H2,1-4H3/i11D,12D,19D,20D. The maximum Gasteiger partial charge on any atom is 0.123 e. The number of fused-ring (bicyclic) bond motifs is 3. The Balaban J connectivity index is 1.66. The second-order valence-corrected chi connectivity index (χ2v) is 14.1. The maximum atomic E-state index is 15.8. The van der Waals surface area contributed by atoms with Gasteiger partial charge in [0.2, 0.25) is 0 Å². The van der Waals surface area contributed by atoms with Crippen molar-refractivity contribution in [2.24, 2.45) is 0 Å². The van der Waals surface area contributed by atoms with E-state index >= 15 is 4.39 Å². The van der Waals surface area contributed by atoms with Gasteiger partial charge >= 0.3 is 0 Å². The molecule has 0 radical (unpaired) electrons. The average Bonchev–Trinajstić information content (AvgIpc) is 3.14. The van der Waals surface area contributed by atoms with Crippen molar-refractivity contribution in [1.82, 2.24) is 0 Å². The summed E-state index contributed by atoms with van der Waals surface area (Å²) >= 11 is 0. The number of hydrogen-bond donors (Lipinski definition) is 0. The van der Waals surface area contributed by atoms with Gasteiger partial charge in [-0.1, -0.05) is 155 Å². The zero-order chi connectivity index (χ0) is 35.8. The average molecular weight is 615 g/mol. The van der Waals surface area contributed by atoms with Gasteiger partial charge in [0.15, 0.2) is 0 Å². The van der Waals surface area contributed by atoms with Crippen LogP contribution < -0.4 is 0 Å². The molecule has 8 rings (SSSR count). The molecule has 7 aromatic carbocycles. The fourth-order valence-corrected chi connectivity index (χ4v) is 7.91. The van der Waals surface area contributed by atoms with Gasteiger partial charge in [0.05, 0.1) is 5.48 Å². The highest BCUT2D eigenvalue weighted by atomic mass is 19.1. The monoisotopic (exact) mass is 614 g/mol. The van der Waals surface area contributed by atoms with Crippen molar-refractivity contribution >= 4 is 21.5 Å². The Morgan fingerprint density at radius 3 is 1.70 bits per heavy atom. The van der Waals surface area contributed by atoms with E-state index in [1.807, 2.05) is 78.9 Å². The van der Waals surface area contributed by atoms with Gasteiger partial charge in [-0.3, -0.25) is 0 Å². The second kappa shape index (κ2) is 11.1. The second-order valence-electron chi connectivity index (χ2n) is 14.1. The number of rotatable bonds is 4. The lowest BCUT2D eigenvalue weighted by atomic mass is 9.61. The van der Waals surface area contributed by atoms with Gasteiger partial charge in [-0.2, -0.15) is 0 Å². The first kappa shape index (κ1) is 25.1.